The molecule has 2 saturated carbocycles. The first-order valence-corrected chi connectivity index (χ1v) is 12.7. The maximum Gasteiger partial charge on any atom is 0.320 e. The van der Waals surface area contributed by atoms with E-state index in [9.17, 15) is 14.7 Å². The number of hydrogen-bond donors (Lipinski definition) is 3. The van der Waals surface area contributed by atoms with Crippen LogP contribution in [0.1, 0.15) is 50.5 Å². The average Bonchev–Trinajstić information content (AvgIpc) is 3.05. The molecule has 1 aromatic carbocycles. The third kappa shape index (κ3) is 4.81. The lowest BCUT2D eigenvalue weighted by molar-refractivity contribution is -0.120. The number of nitrogens with one attached hydrogen (secondary N) is 2. The summed E-state index contributed by atoms with van der Waals surface area (Å²) in [6, 6.07) is 10.8. The molecule has 1 aliphatic heterocycles. The van der Waals surface area contributed by atoms with Crippen molar-refractivity contribution in [1.82, 2.24) is 25.3 Å². The number of β-amino-alcohol motifs (C(OH)–C–C–N with tert-alkyl or cyclic N) is 1. The summed E-state index contributed by atoms with van der Waals surface area (Å²) in [4.78, 5) is 31.4. The molecule has 1 unspecified atom stereocenters. The summed E-state index contributed by atoms with van der Waals surface area (Å²) < 4.78 is 0. The lowest BCUT2D eigenvalue weighted by Crippen LogP contribution is -2.56. The number of benzene rings is 1. The number of carbonyl (C=O) groups excluding carboxylic acids is 2. The fourth-order valence-corrected chi connectivity index (χ4v) is 6.10. The van der Waals surface area contributed by atoms with Crippen molar-refractivity contribution in [3.8, 4) is 0 Å². The predicted molar refractivity (Wildman–Crippen MR) is 132 cm³/mol. The molecule has 0 bridgehead atoms. The molecule has 0 aromatic heterocycles. The van der Waals surface area contributed by atoms with E-state index in [1.54, 1.807) is 11.9 Å². The van der Waals surface area contributed by atoms with Gasteiger partial charge in [-0.1, -0.05) is 36.8 Å². The van der Waals surface area contributed by atoms with Gasteiger partial charge in [0.1, 0.15) is 6.23 Å². The van der Waals surface area contributed by atoms with Crippen molar-refractivity contribution < 1.29 is 14.7 Å². The Labute approximate surface area is 203 Å². The third-order valence-electron chi connectivity index (χ3n) is 8.57. The van der Waals surface area contributed by atoms with Gasteiger partial charge in [-0.3, -0.25) is 15.0 Å². The van der Waals surface area contributed by atoms with Gasteiger partial charge in [-0.05, 0) is 64.1 Å². The van der Waals surface area contributed by atoms with Crippen LogP contribution in [0, 0.1) is 5.92 Å². The summed E-state index contributed by atoms with van der Waals surface area (Å²) in [5.74, 6) is 0.398. The number of amides is 3. The zero-order chi connectivity index (χ0) is 24.3. The van der Waals surface area contributed by atoms with E-state index in [2.05, 4.69) is 64.9 Å². The minimum Gasteiger partial charge on any atom is -0.377 e. The molecule has 8 nitrogen and oxygen atoms in total. The average molecular weight is 472 g/mol. The van der Waals surface area contributed by atoms with E-state index in [0.717, 1.165) is 32.2 Å². The van der Waals surface area contributed by atoms with Gasteiger partial charge < -0.3 is 20.2 Å². The SMILES string of the molecule is CNC(=O)CNC(O)CN1CC2(CCC(c3ccccc3)(N(C)C)CC2)N(CC2CCC2)C1=O. The Morgan fingerprint density at radius 1 is 1.18 bits per heavy atom. The standard InChI is InChI=1S/C26H41N5O3/c1-27-22(32)16-28-23(33)18-30-19-25(31(24(30)34)17-20-8-7-9-20)12-14-26(15-13-25,29(2)3)21-10-5-4-6-11-21/h4-6,10-11,20,23,28,33H,7-9,12-19H2,1-3H3,(H,27,32). The predicted octanol–water partition coefficient (Wildman–Crippen LogP) is 1.95. The van der Waals surface area contributed by atoms with Crippen LogP contribution in [0.2, 0.25) is 0 Å². The molecule has 3 amide bonds. The van der Waals surface area contributed by atoms with E-state index < -0.39 is 6.23 Å². The lowest BCUT2D eigenvalue weighted by atomic mass is 9.68. The lowest BCUT2D eigenvalue weighted by Gasteiger charge is -2.51. The van der Waals surface area contributed by atoms with Gasteiger partial charge in [0.05, 0.1) is 18.6 Å². The molecule has 1 heterocycles. The summed E-state index contributed by atoms with van der Waals surface area (Å²) in [5, 5.41) is 15.8. The van der Waals surface area contributed by atoms with Crippen LogP contribution in [-0.4, -0.2) is 90.8 Å². The van der Waals surface area contributed by atoms with E-state index in [-0.39, 0.29) is 36.1 Å². The highest BCUT2D eigenvalue weighted by atomic mass is 16.3. The number of aliphatic hydroxyl groups is 1. The molecule has 8 heteroatoms. The van der Waals surface area contributed by atoms with Crippen LogP contribution in [-0.2, 0) is 10.3 Å². The molecule has 1 saturated heterocycles. The molecular weight excluding hydrogens is 430 g/mol. The minimum absolute atomic E-state index is 0.0268. The molecule has 4 rings (SSSR count). The Morgan fingerprint density at radius 3 is 2.41 bits per heavy atom. The van der Waals surface area contributed by atoms with Crippen LogP contribution < -0.4 is 10.6 Å². The summed E-state index contributed by atoms with van der Waals surface area (Å²) in [6.07, 6.45) is 6.57. The Hall–Kier alpha value is -2.16. The molecule has 34 heavy (non-hydrogen) atoms. The second kappa shape index (κ2) is 10.2. The molecule has 1 spiro atoms. The number of rotatable bonds is 9. The van der Waals surface area contributed by atoms with Crippen molar-refractivity contribution in [3.05, 3.63) is 35.9 Å². The van der Waals surface area contributed by atoms with Crippen molar-refractivity contribution in [2.75, 3.05) is 47.3 Å². The molecule has 3 aliphatic rings. The van der Waals surface area contributed by atoms with Crippen molar-refractivity contribution in [1.29, 1.82) is 0 Å². The maximum absolute atomic E-state index is 13.6. The van der Waals surface area contributed by atoms with Crippen LogP contribution in [0.4, 0.5) is 4.79 Å². The van der Waals surface area contributed by atoms with E-state index in [1.807, 2.05) is 0 Å². The fraction of sp³-hybridized carbons (Fsp3) is 0.692. The van der Waals surface area contributed by atoms with Crippen molar-refractivity contribution >= 4 is 11.9 Å². The summed E-state index contributed by atoms with van der Waals surface area (Å²) in [7, 11) is 5.89. The number of carbonyl (C=O) groups is 2. The zero-order valence-electron chi connectivity index (χ0n) is 20.9. The largest absolute Gasteiger partial charge is 0.377 e. The summed E-state index contributed by atoms with van der Waals surface area (Å²) >= 11 is 0. The van der Waals surface area contributed by atoms with Gasteiger partial charge in [0, 0.05) is 25.7 Å². The Bertz CT molecular complexity index is 849. The molecular formula is C26H41N5O3. The van der Waals surface area contributed by atoms with Crippen molar-refractivity contribution in [2.24, 2.45) is 5.92 Å². The first-order chi connectivity index (χ1) is 16.3. The normalized spacial score (nSPS) is 28.4. The highest BCUT2D eigenvalue weighted by Gasteiger charge is 2.55. The number of likely N-dealkylation sites (N-methyl/N-ethyl adjacent to an activating group) is 1. The molecule has 188 valence electrons. The highest BCUT2D eigenvalue weighted by molar-refractivity contribution is 5.79. The van der Waals surface area contributed by atoms with Crippen LogP contribution in [0.3, 0.4) is 0 Å². The van der Waals surface area contributed by atoms with E-state index in [0.29, 0.717) is 12.5 Å². The topological polar surface area (TPSA) is 88.1 Å². The first-order valence-electron chi connectivity index (χ1n) is 12.7. The third-order valence-corrected chi connectivity index (χ3v) is 8.57. The second-order valence-electron chi connectivity index (χ2n) is 10.7. The number of aliphatic hydroxyl groups excluding tert-OH is 1. The second-order valence-corrected chi connectivity index (χ2v) is 10.7. The van der Waals surface area contributed by atoms with E-state index in [4.69, 9.17) is 0 Å². The molecule has 3 fully saturated rings. The van der Waals surface area contributed by atoms with Gasteiger partial charge in [0.15, 0.2) is 0 Å². The van der Waals surface area contributed by atoms with Crippen LogP contribution in [0.5, 0.6) is 0 Å². The fourth-order valence-electron chi connectivity index (χ4n) is 6.10. The zero-order valence-corrected chi connectivity index (χ0v) is 20.9. The van der Waals surface area contributed by atoms with E-state index >= 15 is 0 Å². The Morgan fingerprint density at radius 2 is 1.85 bits per heavy atom. The van der Waals surface area contributed by atoms with Crippen molar-refractivity contribution in [2.45, 2.75) is 62.3 Å². The molecule has 2 aliphatic carbocycles. The van der Waals surface area contributed by atoms with Crippen LogP contribution >= 0.6 is 0 Å². The molecule has 0 radical (unpaired) electrons. The summed E-state index contributed by atoms with van der Waals surface area (Å²) in [5.41, 5.74) is 1.12. The van der Waals surface area contributed by atoms with Gasteiger partial charge in [-0.25, -0.2) is 4.79 Å². The quantitative estimate of drug-likeness (QED) is 0.479. The van der Waals surface area contributed by atoms with Gasteiger partial charge in [0.25, 0.3) is 0 Å². The number of hydrogen-bond acceptors (Lipinski definition) is 5. The van der Waals surface area contributed by atoms with Crippen LogP contribution in [0.25, 0.3) is 0 Å². The van der Waals surface area contributed by atoms with E-state index in [1.165, 1.54) is 24.8 Å². The molecule has 1 aromatic rings. The smallest absolute Gasteiger partial charge is 0.320 e. The van der Waals surface area contributed by atoms with Gasteiger partial charge in [-0.15, -0.1) is 0 Å². The molecule has 1 atom stereocenters. The summed E-state index contributed by atoms with van der Waals surface area (Å²) in [6.45, 7) is 1.67. The number of urea groups is 1. The first kappa shape index (κ1) is 24.9. The van der Waals surface area contributed by atoms with Crippen LogP contribution in [0.15, 0.2) is 30.3 Å². The monoisotopic (exact) mass is 471 g/mol. The van der Waals surface area contributed by atoms with Gasteiger partial charge in [0.2, 0.25) is 5.91 Å². The van der Waals surface area contributed by atoms with Gasteiger partial charge >= 0.3 is 6.03 Å². The highest BCUT2D eigenvalue weighted by Crippen LogP contribution is 2.49. The Balaban J connectivity index is 1.50. The molecule has 3 N–H and O–H groups in total. The minimum atomic E-state index is -0.935. The maximum atomic E-state index is 13.6. The van der Waals surface area contributed by atoms with Crippen molar-refractivity contribution in [3.63, 3.8) is 0 Å². The number of nitrogens with zero attached hydrogens (tertiary/aromatic N) is 3. The Kier molecular flexibility index (Phi) is 7.50. The van der Waals surface area contributed by atoms with Gasteiger partial charge in [-0.2, -0.15) is 0 Å².